The molecule has 0 fully saturated rings. The van der Waals surface area contributed by atoms with Crippen molar-refractivity contribution < 1.29 is 14.5 Å². The molecular formula is C14H19FN3OS+. The third-order valence-corrected chi connectivity index (χ3v) is 3.67. The predicted molar refractivity (Wildman–Crippen MR) is 75.3 cm³/mol. The minimum atomic E-state index is -0.232. The van der Waals surface area contributed by atoms with Crippen molar-refractivity contribution in [2.75, 3.05) is 0 Å². The Labute approximate surface area is 122 Å². The number of thioether (sulfide) groups is 1. The molecule has 1 heterocycles. The van der Waals surface area contributed by atoms with E-state index in [-0.39, 0.29) is 11.9 Å². The maximum atomic E-state index is 13.1. The molecule has 0 saturated carbocycles. The topological polar surface area (TPSA) is 66.6 Å². The molecule has 108 valence electrons. The minimum absolute atomic E-state index is 0.0195. The summed E-state index contributed by atoms with van der Waals surface area (Å²) in [5, 5.41) is 8.52. The Bertz CT molecular complexity index is 559. The van der Waals surface area contributed by atoms with Crippen molar-refractivity contribution in [1.82, 2.24) is 10.2 Å². The molecule has 2 rings (SSSR count). The molecule has 1 aromatic carbocycles. The maximum absolute atomic E-state index is 13.1. The number of nitrogens with zero attached hydrogens (tertiary/aromatic N) is 2. The van der Waals surface area contributed by atoms with Crippen LogP contribution in [0.2, 0.25) is 0 Å². The quantitative estimate of drug-likeness (QED) is 0.832. The van der Waals surface area contributed by atoms with Crippen molar-refractivity contribution >= 4 is 11.8 Å². The van der Waals surface area contributed by atoms with E-state index < -0.39 is 0 Å². The van der Waals surface area contributed by atoms with Crippen LogP contribution in [0, 0.1) is 11.7 Å². The van der Waals surface area contributed by atoms with Crippen LogP contribution in [0.1, 0.15) is 37.8 Å². The van der Waals surface area contributed by atoms with Crippen molar-refractivity contribution in [2.45, 2.75) is 37.3 Å². The smallest absolute Gasteiger partial charge is 0.277 e. The average molecular weight is 296 g/mol. The molecule has 0 radical (unpaired) electrons. The standard InChI is InChI=1S/C14H18FN3OS/c1-9(2)6-12(16)13-17-18-14(19-13)20-8-10-4-3-5-11(15)7-10/h3-5,7,9,12H,6,8,16H2,1-2H3/p+1. The molecule has 20 heavy (non-hydrogen) atoms. The van der Waals surface area contributed by atoms with Crippen LogP contribution >= 0.6 is 11.8 Å². The first-order valence-electron chi connectivity index (χ1n) is 6.58. The Balaban J connectivity index is 1.93. The van der Waals surface area contributed by atoms with Crippen LogP contribution in [0.15, 0.2) is 33.9 Å². The normalized spacial score (nSPS) is 12.8. The highest BCUT2D eigenvalue weighted by atomic mass is 32.2. The van der Waals surface area contributed by atoms with Crippen LogP contribution in [0.3, 0.4) is 0 Å². The van der Waals surface area contributed by atoms with E-state index in [1.54, 1.807) is 6.07 Å². The summed E-state index contributed by atoms with van der Waals surface area (Å²) >= 11 is 1.40. The summed E-state index contributed by atoms with van der Waals surface area (Å²) in [6, 6.07) is 6.52. The van der Waals surface area contributed by atoms with E-state index in [1.165, 1.54) is 23.9 Å². The molecule has 0 bridgehead atoms. The lowest BCUT2D eigenvalue weighted by Gasteiger charge is -2.05. The van der Waals surface area contributed by atoms with Gasteiger partial charge < -0.3 is 10.2 Å². The maximum Gasteiger partial charge on any atom is 0.277 e. The summed E-state index contributed by atoms with van der Waals surface area (Å²) in [6.45, 7) is 4.27. The number of benzene rings is 1. The molecule has 0 saturated heterocycles. The molecule has 3 N–H and O–H groups in total. The van der Waals surface area contributed by atoms with Crippen LogP contribution in [0.5, 0.6) is 0 Å². The van der Waals surface area contributed by atoms with E-state index in [0.29, 0.717) is 22.8 Å². The zero-order valence-corrected chi connectivity index (χ0v) is 12.5. The van der Waals surface area contributed by atoms with Crippen LogP contribution < -0.4 is 5.73 Å². The third-order valence-electron chi connectivity index (χ3n) is 2.78. The summed E-state index contributed by atoms with van der Waals surface area (Å²) in [5.41, 5.74) is 4.93. The second-order valence-electron chi connectivity index (χ2n) is 5.15. The Morgan fingerprint density at radius 3 is 2.85 bits per heavy atom. The number of halogens is 1. The highest BCUT2D eigenvalue weighted by Gasteiger charge is 2.19. The number of rotatable bonds is 6. The SMILES string of the molecule is CC(C)CC([NH3+])c1nnc(SCc2cccc(F)c2)o1. The lowest BCUT2D eigenvalue weighted by Crippen LogP contribution is -2.54. The molecule has 1 unspecified atom stereocenters. The Kier molecular flexibility index (Phi) is 5.14. The van der Waals surface area contributed by atoms with Gasteiger partial charge >= 0.3 is 0 Å². The molecule has 0 amide bonds. The van der Waals surface area contributed by atoms with Gasteiger partial charge in [-0.1, -0.05) is 37.7 Å². The zero-order valence-electron chi connectivity index (χ0n) is 11.7. The lowest BCUT2D eigenvalue weighted by molar-refractivity contribution is -0.435. The lowest BCUT2D eigenvalue weighted by atomic mass is 10.1. The fraction of sp³-hybridized carbons (Fsp3) is 0.429. The number of hydrogen-bond acceptors (Lipinski definition) is 4. The van der Waals surface area contributed by atoms with Crippen molar-refractivity contribution in [2.24, 2.45) is 5.92 Å². The number of aromatic nitrogens is 2. The first-order valence-corrected chi connectivity index (χ1v) is 7.57. The van der Waals surface area contributed by atoms with Gasteiger partial charge in [-0.3, -0.25) is 0 Å². The van der Waals surface area contributed by atoms with Crippen LogP contribution in [-0.4, -0.2) is 10.2 Å². The highest BCUT2D eigenvalue weighted by Crippen LogP contribution is 2.24. The molecule has 0 spiro atoms. The number of quaternary nitrogens is 1. The molecule has 0 aliphatic carbocycles. The minimum Gasteiger partial charge on any atom is -0.410 e. The fourth-order valence-corrected chi connectivity index (χ4v) is 2.60. The molecule has 1 aromatic heterocycles. The molecule has 0 aliphatic rings. The molecule has 4 nitrogen and oxygen atoms in total. The summed E-state index contributed by atoms with van der Waals surface area (Å²) in [5.74, 6) is 1.48. The van der Waals surface area contributed by atoms with Crippen molar-refractivity contribution in [3.63, 3.8) is 0 Å². The number of hydrogen-bond donors (Lipinski definition) is 1. The van der Waals surface area contributed by atoms with Gasteiger partial charge in [0.05, 0.1) is 0 Å². The van der Waals surface area contributed by atoms with Gasteiger partial charge in [-0.2, -0.15) is 0 Å². The van der Waals surface area contributed by atoms with E-state index in [9.17, 15) is 4.39 Å². The zero-order chi connectivity index (χ0) is 14.5. The first kappa shape index (κ1) is 15.0. The van der Waals surface area contributed by atoms with Gasteiger partial charge in [0.15, 0.2) is 6.04 Å². The molecule has 6 heteroatoms. The molecule has 1 atom stereocenters. The van der Waals surface area contributed by atoms with Crippen LogP contribution in [-0.2, 0) is 5.75 Å². The summed E-state index contributed by atoms with van der Waals surface area (Å²) < 4.78 is 18.6. The summed E-state index contributed by atoms with van der Waals surface area (Å²) in [4.78, 5) is 0. The van der Waals surface area contributed by atoms with Crippen LogP contribution in [0.4, 0.5) is 4.39 Å². The van der Waals surface area contributed by atoms with Gasteiger partial charge in [0, 0.05) is 12.2 Å². The van der Waals surface area contributed by atoms with Crippen molar-refractivity contribution in [3.05, 3.63) is 41.5 Å². The van der Waals surface area contributed by atoms with Gasteiger partial charge in [0.2, 0.25) is 0 Å². The van der Waals surface area contributed by atoms with E-state index in [4.69, 9.17) is 4.42 Å². The van der Waals surface area contributed by atoms with E-state index >= 15 is 0 Å². The predicted octanol–water partition coefficient (Wildman–Crippen LogP) is 2.83. The monoisotopic (exact) mass is 296 g/mol. The third kappa shape index (κ3) is 4.31. The second kappa shape index (κ2) is 6.85. The van der Waals surface area contributed by atoms with E-state index in [2.05, 4.69) is 29.8 Å². The van der Waals surface area contributed by atoms with Gasteiger partial charge in [-0.05, 0) is 23.6 Å². The van der Waals surface area contributed by atoms with Crippen molar-refractivity contribution in [1.29, 1.82) is 0 Å². The van der Waals surface area contributed by atoms with Gasteiger partial charge in [-0.25, -0.2) is 4.39 Å². The second-order valence-corrected chi connectivity index (χ2v) is 6.08. The van der Waals surface area contributed by atoms with E-state index in [1.807, 2.05) is 6.07 Å². The van der Waals surface area contributed by atoms with Gasteiger partial charge in [0.25, 0.3) is 11.1 Å². The van der Waals surface area contributed by atoms with Gasteiger partial charge in [-0.15, -0.1) is 10.2 Å². The Hall–Kier alpha value is -1.40. The largest absolute Gasteiger partial charge is 0.410 e. The Morgan fingerprint density at radius 2 is 2.15 bits per heavy atom. The fourth-order valence-electron chi connectivity index (χ4n) is 1.89. The van der Waals surface area contributed by atoms with Crippen LogP contribution in [0.25, 0.3) is 0 Å². The summed E-state index contributed by atoms with van der Waals surface area (Å²) in [6.07, 6.45) is 0.913. The molecule has 0 aliphatic heterocycles. The first-order chi connectivity index (χ1) is 9.54. The average Bonchev–Trinajstić information content (AvgIpc) is 2.84. The molecular weight excluding hydrogens is 277 g/mol. The summed E-state index contributed by atoms with van der Waals surface area (Å²) in [7, 11) is 0. The van der Waals surface area contributed by atoms with E-state index in [0.717, 1.165) is 12.0 Å². The highest BCUT2D eigenvalue weighted by molar-refractivity contribution is 7.98. The Morgan fingerprint density at radius 1 is 1.35 bits per heavy atom. The van der Waals surface area contributed by atoms with Crippen molar-refractivity contribution in [3.8, 4) is 0 Å². The van der Waals surface area contributed by atoms with Gasteiger partial charge in [0.1, 0.15) is 5.82 Å². The molecule has 2 aromatic rings.